The van der Waals surface area contributed by atoms with Gasteiger partial charge in [-0.2, -0.15) is 10.4 Å². The molecule has 2 aromatic rings. The van der Waals surface area contributed by atoms with Crippen LogP contribution in [0, 0.1) is 11.3 Å². The fraction of sp³-hybridized carbons (Fsp3) is 0.267. The van der Waals surface area contributed by atoms with E-state index >= 15 is 0 Å². The Balaban J connectivity index is 2.30. The highest BCUT2D eigenvalue weighted by molar-refractivity contribution is 5.76. The van der Waals surface area contributed by atoms with Gasteiger partial charge in [0.2, 0.25) is 5.91 Å². The molecule has 0 saturated heterocycles. The second kappa shape index (κ2) is 6.09. The Kier molecular flexibility index (Phi) is 4.24. The van der Waals surface area contributed by atoms with Gasteiger partial charge in [-0.25, -0.2) is 0 Å². The van der Waals surface area contributed by atoms with Crippen molar-refractivity contribution in [2.75, 3.05) is 21.2 Å². The van der Waals surface area contributed by atoms with Crippen LogP contribution in [0.15, 0.2) is 30.6 Å². The molecular formula is C15H16N4O2. The maximum Gasteiger partial charge on any atom is 0.243 e. The van der Waals surface area contributed by atoms with Crippen molar-refractivity contribution in [1.29, 1.82) is 5.26 Å². The average Bonchev–Trinajstić information content (AvgIpc) is 2.94. The number of benzene rings is 1. The van der Waals surface area contributed by atoms with Gasteiger partial charge in [-0.15, -0.1) is 0 Å². The summed E-state index contributed by atoms with van der Waals surface area (Å²) >= 11 is 0. The number of nitrogens with zero attached hydrogens (tertiary/aromatic N) is 4. The molecule has 2 rings (SSSR count). The number of methoxy groups -OCH3 is 1. The summed E-state index contributed by atoms with van der Waals surface area (Å²) in [5.74, 6) is 0.573. The van der Waals surface area contributed by atoms with E-state index < -0.39 is 0 Å². The molecule has 0 atom stereocenters. The van der Waals surface area contributed by atoms with Crippen LogP contribution < -0.4 is 4.74 Å². The lowest BCUT2D eigenvalue weighted by molar-refractivity contribution is -0.129. The molecule has 0 saturated carbocycles. The third kappa shape index (κ3) is 3.20. The molecule has 0 N–H and O–H groups in total. The first-order valence-electron chi connectivity index (χ1n) is 6.36. The van der Waals surface area contributed by atoms with E-state index in [4.69, 9.17) is 10.00 Å². The number of amides is 1. The van der Waals surface area contributed by atoms with Gasteiger partial charge in [-0.3, -0.25) is 9.48 Å². The van der Waals surface area contributed by atoms with Crippen LogP contribution in [0.3, 0.4) is 0 Å². The molecule has 1 aromatic carbocycles. The second-order valence-corrected chi connectivity index (χ2v) is 4.74. The van der Waals surface area contributed by atoms with Gasteiger partial charge in [-0.1, -0.05) is 0 Å². The fourth-order valence-corrected chi connectivity index (χ4v) is 1.87. The number of aromatic nitrogens is 2. The maximum absolute atomic E-state index is 11.7. The quantitative estimate of drug-likeness (QED) is 0.853. The van der Waals surface area contributed by atoms with Crippen molar-refractivity contribution in [2.24, 2.45) is 0 Å². The molecule has 0 aliphatic heterocycles. The van der Waals surface area contributed by atoms with Crippen LogP contribution in [-0.4, -0.2) is 41.8 Å². The number of ether oxygens (including phenoxy) is 1. The lowest BCUT2D eigenvalue weighted by Gasteiger charge is -2.09. The molecule has 6 nitrogen and oxygen atoms in total. The zero-order valence-electron chi connectivity index (χ0n) is 12.2. The fourth-order valence-electron chi connectivity index (χ4n) is 1.87. The van der Waals surface area contributed by atoms with Gasteiger partial charge in [0, 0.05) is 31.4 Å². The van der Waals surface area contributed by atoms with Crippen LogP contribution in [0.25, 0.3) is 11.1 Å². The molecule has 1 amide bonds. The highest BCUT2D eigenvalue weighted by atomic mass is 16.5. The standard InChI is InChI=1S/C15H16N4O2/c1-18(2)15(20)10-19-9-12(8-17-19)13-5-4-11(7-16)6-14(13)21-3/h4-6,8-9H,10H2,1-3H3. The molecule has 0 radical (unpaired) electrons. The number of carbonyl (C=O) groups is 1. The van der Waals surface area contributed by atoms with E-state index in [1.807, 2.05) is 6.07 Å². The topological polar surface area (TPSA) is 71.1 Å². The summed E-state index contributed by atoms with van der Waals surface area (Å²) in [5, 5.41) is 13.1. The van der Waals surface area contributed by atoms with E-state index in [1.54, 1.807) is 50.4 Å². The van der Waals surface area contributed by atoms with E-state index in [0.717, 1.165) is 11.1 Å². The normalized spacial score (nSPS) is 10.0. The first kappa shape index (κ1) is 14.6. The molecule has 1 aromatic heterocycles. The molecule has 0 bridgehead atoms. The molecule has 21 heavy (non-hydrogen) atoms. The smallest absolute Gasteiger partial charge is 0.243 e. The lowest BCUT2D eigenvalue weighted by Crippen LogP contribution is -2.26. The number of carbonyl (C=O) groups excluding carboxylic acids is 1. The van der Waals surface area contributed by atoms with Crippen LogP contribution in [0.1, 0.15) is 5.56 Å². The van der Waals surface area contributed by atoms with E-state index in [0.29, 0.717) is 11.3 Å². The predicted octanol–water partition coefficient (Wildman–Crippen LogP) is 1.52. The Bertz CT molecular complexity index is 698. The highest BCUT2D eigenvalue weighted by Gasteiger charge is 2.11. The lowest BCUT2D eigenvalue weighted by atomic mass is 10.1. The minimum atomic E-state index is -0.0311. The predicted molar refractivity (Wildman–Crippen MR) is 77.6 cm³/mol. The molecule has 0 aliphatic carbocycles. The molecule has 0 aliphatic rings. The van der Waals surface area contributed by atoms with E-state index in [9.17, 15) is 4.79 Å². The maximum atomic E-state index is 11.7. The number of rotatable bonds is 4. The largest absolute Gasteiger partial charge is 0.496 e. The molecule has 1 heterocycles. The molecule has 6 heteroatoms. The Hall–Kier alpha value is -2.81. The van der Waals surface area contributed by atoms with Gasteiger partial charge in [0.25, 0.3) is 0 Å². The highest BCUT2D eigenvalue weighted by Crippen LogP contribution is 2.30. The van der Waals surface area contributed by atoms with Crippen molar-refractivity contribution in [3.63, 3.8) is 0 Å². The monoisotopic (exact) mass is 284 g/mol. The third-order valence-electron chi connectivity index (χ3n) is 3.07. The van der Waals surface area contributed by atoms with Crippen LogP contribution in [-0.2, 0) is 11.3 Å². The van der Waals surface area contributed by atoms with Crippen LogP contribution in [0.4, 0.5) is 0 Å². The Labute approximate surface area is 123 Å². The van der Waals surface area contributed by atoms with Gasteiger partial charge < -0.3 is 9.64 Å². The van der Waals surface area contributed by atoms with E-state index in [2.05, 4.69) is 11.2 Å². The zero-order chi connectivity index (χ0) is 15.4. The summed E-state index contributed by atoms with van der Waals surface area (Å²) in [4.78, 5) is 13.2. The summed E-state index contributed by atoms with van der Waals surface area (Å²) in [6, 6.07) is 7.29. The van der Waals surface area contributed by atoms with Crippen molar-refractivity contribution in [2.45, 2.75) is 6.54 Å². The first-order valence-corrected chi connectivity index (χ1v) is 6.36. The number of hydrogen-bond acceptors (Lipinski definition) is 4. The van der Waals surface area contributed by atoms with Crippen molar-refractivity contribution in [1.82, 2.24) is 14.7 Å². The summed E-state index contributed by atoms with van der Waals surface area (Å²) in [6.07, 6.45) is 3.46. The Morgan fingerprint density at radius 3 is 2.86 bits per heavy atom. The van der Waals surface area contributed by atoms with Crippen molar-refractivity contribution in [3.8, 4) is 22.9 Å². The molecule has 0 unspecified atom stereocenters. The van der Waals surface area contributed by atoms with Gasteiger partial charge >= 0.3 is 0 Å². The average molecular weight is 284 g/mol. The second-order valence-electron chi connectivity index (χ2n) is 4.74. The van der Waals surface area contributed by atoms with Crippen LogP contribution >= 0.6 is 0 Å². The summed E-state index contributed by atoms with van der Waals surface area (Å²) < 4.78 is 6.89. The minimum Gasteiger partial charge on any atom is -0.496 e. The summed E-state index contributed by atoms with van der Waals surface area (Å²) in [7, 11) is 4.97. The molecular weight excluding hydrogens is 268 g/mol. The van der Waals surface area contributed by atoms with Gasteiger partial charge in [0.05, 0.1) is 24.9 Å². The summed E-state index contributed by atoms with van der Waals surface area (Å²) in [5.41, 5.74) is 2.20. The minimum absolute atomic E-state index is 0.0311. The van der Waals surface area contributed by atoms with Gasteiger partial charge in [0.1, 0.15) is 12.3 Å². The molecule has 0 spiro atoms. The van der Waals surface area contributed by atoms with Crippen molar-refractivity contribution < 1.29 is 9.53 Å². The number of likely N-dealkylation sites (N-methyl/N-ethyl adjacent to an activating group) is 1. The third-order valence-corrected chi connectivity index (χ3v) is 3.07. The molecule has 108 valence electrons. The van der Waals surface area contributed by atoms with Crippen molar-refractivity contribution in [3.05, 3.63) is 36.2 Å². The zero-order valence-corrected chi connectivity index (χ0v) is 12.2. The summed E-state index contributed by atoms with van der Waals surface area (Å²) in [6.45, 7) is 0.186. The van der Waals surface area contributed by atoms with Gasteiger partial charge in [0.15, 0.2) is 0 Å². The number of hydrogen-bond donors (Lipinski definition) is 0. The van der Waals surface area contributed by atoms with Gasteiger partial charge in [-0.05, 0) is 18.2 Å². The van der Waals surface area contributed by atoms with Crippen molar-refractivity contribution >= 4 is 5.91 Å². The first-order chi connectivity index (χ1) is 10.0. The van der Waals surface area contributed by atoms with E-state index in [-0.39, 0.29) is 12.5 Å². The van der Waals surface area contributed by atoms with Crippen LogP contribution in [0.5, 0.6) is 5.75 Å². The Morgan fingerprint density at radius 2 is 2.24 bits per heavy atom. The number of nitriles is 1. The van der Waals surface area contributed by atoms with Crippen LogP contribution in [0.2, 0.25) is 0 Å². The molecule has 0 fully saturated rings. The van der Waals surface area contributed by atoms with E-state index in [1.165, 1.54) is 4.90 Å². The SMILES string of the molecule is COc1cc(C#N)ccc1-c1cnn(CC(=O)N(C)C)c1. The Morgan fingerprint density at radius 1 is 1.48 bits per heavy atom.